The fourth-order valence-electron chi connectivity index (χ4n) is 1.09. The van der Waals surface area contributed by atoms with Crippen LogP contribution in [0.3, 0.4) is 0 Å². The van der Waals surface area contributed by atoms with Gasteiger partial charge in [0.1, 0.15) is 0 Å². The molecule has 7 heteroatoms. The number of alkyl halides is 3. The van der Waals surface area contributed by atoms with E-state index in [-0.39, 0.29) is 14.7 Å². The Labute approximate surface area is 102 Å². The summed E-state index contributed by atoms with van der Waals surface area (Å²) in [7, 11) is 0. The highest BCUT2D eigenvalue weighted by molar-refractivity contribution is 14.1. The van der Waals surface area contributed by atoms with Crippen LogP contribution in [0.1, 0.15) is 21.5 Å². The smallest absolute Gasteiger partial charge is 0.366 e. The van der Waals surface area contributed by atoms with Crippen LogP contribution in [-0.2, 0) is 6.18 Å². The van der Waals surface area contributed by atoms with Crippen molar-refractivity contribution in [1.82, 2.24) is 0 Å². The number of nitrogens with two attached hydrogens (primary N) is 1. The van der Waals surface area contributed by atoms with Gasteiger partial charge in [0, 0.05) is 3.57 Å². The quantitative estimate of drug-likeness (QED) is 0.797. The zero-order valence-electron chi connectivity index (χ0n) is 7.60. The number of carbonyl (C=O) groups excluding carboxylic acids is 1. The highest BCUT2D eigenvalue weighted by atomic mass is 127. The van der Waals surface area contributed by atoms with Crippen molar-refractivity contribution in [3.05, 3.63) is 32.4 Å². The Bertz CT molecular complexity index is 491. The molecule has 0 radical (unpaired) electrons. The van der Waals surface area contributed by atoms with Crippen molar-refractivity contribution >= 4 is 28.5 Å². The summed E-state index contributed by atoms with van der Waals surface area (Å²) in [5.41, 5.74) is 3.41. The molecule has 3 nitrogen and oxygen atoms in total. The van der Waals surface area contributed by atoms with Crippen LogP contribution in [-0.4, -0.2) is 5.91 Å². The number of amides is 1. The molecule has 0 spiro atoms. The standard InChI is InChI=1S/C9H4F3IN2O/c10-9(11,12)6-1-4(3-14)5(8(15)16)2-7(6)13/h1-2H,(H2,15,16). The van der Waals surface area contributed by atoms with Crippen LogP contribution in [0, 0.1) is 14.9 Å². The molecule has 0 heterocycles. The lowest BCUT2D eigenvalue weighted by molar-refractivity contribution is -0.138. The maximum Gasteiger partial charge on any atom is 0.417 e. The highest BCUT2D eigenvalue weighted by Crippen LogP contribution is 2.34. The van der Waals surface area contributed by atoms with Crippen molar-refractivity contribution in [2.24, 2.45) is 5.73 Å². The molecule has 0 unspecified atom stereocenters. The summed E-state index contributed by atoms with van der Waals surface area (Å²) in [5, 5.41) is 8.62. The van der Waals surface area contributed by atoms with Gasteiger partial charge >= 0.3 is 6.18 Å². The second kappa shape index (κ2) is 4.29. The number of rotatable bonds is 1. The Morgan fingerprint density at radius 2 is 2.00 bits per heavy atom. The molecule has 2 N–H and O–H groups in total. The van der Waals surface area contributed by atoms with Crippen molar-refractivity contribution in [3.8, 4) is 6.07 Å². The normalized spacial score (nSPS) is 10.9. The van der Waals surface area contributed by atoms with E-state index in [0.29, 0.717) is 6.07 Å². The van der Waals surface area contributed by atoms with Gasteiger partial charge in [-0.05, 0) is 34.7 Å². The number of benzene rings is 1. The average Bonchev–Trinajstić information content (AvgIpc) is 2.15. The van der Waals surface area contributed by atoms with Crippen LogP contribution in [0.4, 0.5) is 13.2 Å². The molecule has 0 atom stereocenters. The second-order valence-corrected chi connectivity index (χ2v) is 4.01. The maximum atomic E-state index is 12.5. The SMILES string of the molecule is N#Cc1cc(C(F)(F)F)c(I)cc1C(N)=O. The summed E-state index contributed by atoms with van der Waals surface area (Å²) < 4.78 is 37.2. The van der Waals surface area contributed by atoms with Gasteiger partial charge in [0.25, 0.3) is 0 Å². The third kappa shape index (κ3) is 2.44. The minimum absolute atomic E-state index is 0.169. The van der Waals surface area contributed by atoms with Gasteiger partial charge in [-0.25, -0.2) is 0 Å². The first-order chi connectivity index (χ1) is 7.27. The van der Waals surface area contributed by atoms with Crippen molar-refractivity contribution in [1.29, 1.82) is 5.26 Å². The summed E-state index contributed by atoms with van der Waals surface area (Å²) in [5.74, 6) is -0.928. The Morgan fingerprint density at radius 3 is 2.38 bits per heavy atom. The van der Waals surface area contributed by atoms with Crippen molar-refractivity contribution < 1.29 is 18.0 Å². The van der Waals surface area contributed by atoms with Gasteiger partial charge in [-0.3, -0.25) is 4.79 Å². The lowest BCUT2D eigenvalue weighted by Gasteiger charge is -2.10. The van der Waals surface area contributed by atoms with Gasteiger partial charge in [0.2, 0.25) is 5.91 Å². The van der Waals surface area contributed by atoms with Gasteiger partial charge < -0.3 is 5.73 Å². The summed E-state index contributed by atoms with van der Waals surface area (Å²) in [6.45, 7) is 0. The number of nitriles is 1. The van der Waals surface area contributed by atoms with Crippen LogP contribution in [0.15, 0.2) is 12.1 Å². The monoisotopic (exact) mass is 340 g/mol. The lowest BCUT2D eigenvalue weighted by atomic mass is 10.0. The molecule has 0 saturated heterocycles. The van der Waals surface area contributed by atoms with E-state index in [0.717, 1.165) is 6.07 Å². The number of halogens is 4. The minimum Gasteiger partial charge on any atom is -0.366 e. The number of hydrogen-bond acceptors (Lipinski definition) is 2. The van der Waals surface area contributed by atoms with E-state index in [1.165, 1.54) is 28.7 Å². The molecule has 0 fully saturated rings. The predicted molar refractivity (Wildman–Crippen MR) is 57.4 cm³/mol. The molecule has 0 aromatic heterocycles. The van der Waals surface area contributed by atoms with E-state index < -0.39 is 17.6 Å². The largest absolute Gasteiger partial charge is 0.417 e. The van der Waals surface area contributed by atoms with E-state index in [1.807, 2.05) is 0 Å². The van der Waals surface area contributed by atoms with Crippen molar-refractivity contribution in [2.75, 3.05) is 0 Å². The van der Waals surface area contributed by atoms with E-state index in [1.54, 1.807) is 0 Å². The molecule has 16 heavy (non-hydrogen) atoms. The molecule has 1 amide bonds. The molecule has 0 aliphatic heterocycles. The predicted octanol–water partition coefficient (Wildman–Crippen LogP) is 2.28. The van der Waals surface area contributed by atoms with Gasteiger partial charge in [0.15, 0.2) is 0 Å². The minimum atomic E-state index is -4.56. The van der Waals surface area contributed by atoms with Crippen LogP contribution < -0.4 is 5.73 Å². The Morgan fingerprint density at radius 1 is 1.44 bits per heavy atom. The van der Waals surface area contributed by atoms with Gasteiger partial charge in [-0.15, -0.1) is 0 Å². The number of carbonyl (C=O) groups is 1. The fraction of sp³-hybridized carbons (Fsp3) is 0.111. The molecular formula is C9H4F3IN2O. The summed E-state index contributed by atoms with van der Waals surface area (Å²) >= 11 is 1.44. The third-order valence-corrected chi connectivity index (χ3v) is 2.69. The van der Waals surface area contributed by atoms with E-state index in [9.17, 15) is 18.0 Å². The van der Waals surface area contributed by atoms with Crippen LogP contribution in [0.25, 0.3) is 0 Å². The molecule has 0 saturated carbocycles. The second-order valence-electron chi connectivity index (χ2n) is 2.85. The first kappa shape index (κ1) is 12.8. The first-order valence-electron chi connectivity index (χ1n) is 3.88. The number of hydrogen-bond donors (Lipinski definition) is 1. The van der Waals surface area contributed by atoms with Crippen LogP contribution in [0.2, 0.25) is 0 Å². The molecule has 0 aliphatic rings. The molecular weight excluding hydrogens is 336 g/mol. The van der Waals surface area contributed by atoms with Gasteiger partial charge in [0.05, 0.1) is 22.8 Å². The Balaban J connectivity index is 3.51. The number of nitrogens with zero attached hydrogens (tertiary/aromatic N) is 1. The maximum absolute atomic E-state index is 12.5. The fourth-order valence-corrected chi connectivity index (χ4v) is 1.86. The molecule has 0 bridgehead atoms. The van der Waals surface area contributed by atoms with Crippen LogP contribution >= 0.6 is 22.6 Å². The average molecular weight is 340 g/mol. The summed E-state index contributed by atoms with van der Waals surface area (Å²) in [6.07, 6.45) is -4.56. The zero-order chi connectivity index (χ0) is 12.5. The van der Waals surface area contributed by atoms with Crippen LogP contribution in [0.5, 0.6) is 0 Å². The first-order valence-corrected chi connectivity index (χ1v) is 4.96. The third-order valence-electron chi connectivity index (χ3n) is 1.80. The topological polar surface area (TPSA) is 66.9 Å². The van der Waals surface area contributed by atoms with Gasteiger partial charge in [-0.1, -0.05) is 0 Å². The van der Waals surface area contributed by atoms with Crippen molar-refractivity contribution in [3.63, 3.8) is 0 Å². The summed E-state index contributed by atoms with van der Waals surface area (Å²) in [6, 6.07) is 3.10. The highest BCUT2D eigenvalue weighted by Gasteiger charge is 2.34. The molecule has 1 rings (SSSR count). The van der Waals surface area contributed by atoms with Crippen molar-refractivity contribution in [2.45, 2.75) is 6.18 Å². The van der Waals surface area contributed by atoms with Gasteiger partial charge in [-0.2, -0.15) is 18.4 Å². The zero-order valence-corrected chi connectivity index (χ0v) is 9.76. The molecule has 0 aliphatic carbocycles. The van der Waals surface area contributed by atoms with E-state index >= 15 is 0 Å². The Kier molecular flexibility index (Phi) is 3.42. The molecule has 1 aromatic carbocycles. The Hall–Kier alpha value is -1.30. The lowest BCUT2D eigenvalue weighted by Crippen LogP contribution is -2.16. The molecule has 84 valence electrons. The summed E-state index contributed by atoms with van der Waals surface area (Å²) in [4.78, 5) is 10.9. The van der Waals surface area contributed by atoms with E-state index in [2.05, 4.69) is 0 Å². The molecule has 1 aromatic rings. The van der Waals surface area contributed by atoms with E-state index in [4.69, 9.17) is 11.0 Å². The number of primary amides is 1.